The fraction of sp³-hybridized carbons (Fsp3) is 0.682. The molecular formula is C22H33NO4. The predicted molar refractivity (Wildman–Crippen MR) is 104 cm³/mol. The van der Waals surface area contributed by atoms with Gasteiger partial charge in [-0.2, -0.15) is 0 Å². The maximum atomic E-state index is 12.3. The summed E-state index contributed by atoms with van der Waals surface area (Å²) in [4.78, 5) is 14.2. The number of piperidine rings is 1. The number of carbonyl (C=O) groups is 1. The first-order valence-electron chi connectivity index (χ1n) is 10.4. The number of likely N-dealkylation sites (tertiary alicyclic amines) is 1. The highest BCUT2D eigenvalue weighted by molar-refractivity contribution is 5.67. The highest BCUT2D eigenvalue weighted by atomic mass is 16.7. The van der Waals surface area contributed by atoms with Crippen molar-refractivity contribution in [3.63, 3.8) is 0 Å². The average Bonchev–Trinajstić information content (AvgIpc) is 3.20. The topological polar surface area (TPSA) is 48.0 Å². The molecule has 1 amide bonds. The van der Waals surface area contributed by atoms with Crippen LogP contribution in [0.25, 0.3) is 0 Å². The van der Waals surface area contributed by atoms with Gasteiger partial charge < -0.3 is 19.1 Å². The van der Waals surface area contributed by atoms with Gasteiger partial charge in [-0.25, -0.2) is 4.79 Å². The third-order valence-electron chi connectivity index (χ3n) is 6.17. The molecule has 2 saturated heterocycles. The molecule has 2 aliphatic heterocycles. The first-order valence-corrected chi connectivity index (χ1v) is 10.4. The number of amides is 1. The molecule has 1 aromatic rings. The number of hydrogen-bond donors (Lipinski definition) is 0. The van der Waals surface area contributed by atoms with Gasteiger partial charge in [-0.3, -0.25) is 0 Å². The normalized spacial score (nSPS) is 23.0. The first-order chi connectivity index (χ1) is 13.2. The Hall–Kier alpha value is -1.59. The van der Waals surface area contributed by atoms with Crippen molar-refractivity contribution in [1.29, 1.82) is 0 Å². The lowest BCUT2D eigenvalue weighted by molar-refractivity contribution is -0.195. The first kappa shape index (κ1) is 20.2. The number of rotatable bonds is 2. The van der Waals surface area contributed by atoms with Gasteiger partial charge in [0, 0.05) is 25.9 Å². The SMILES string of the molecule is CC.O=C(OCc1ccccc1)N1CCC2(CC1)CCC1(CC2)OCCO1. The minimum atomic E-state index is -0.295. The third-order valence-corrected chi connectivity index (χ3v) is 6.17. The Labute approximate surface area is 163 Å². The van der Waals surface area contributed by atoms with Gasteiger partial charge in [0.1, 0.15) is 6.61 Å². The summed E-state index contributed by atoms with van der Waals surface area (Å²) in [5.74, 6) is -0.295. The Balaban J connectivity index is 0.00000102. The van der Waals surface area contributed by atoms with E-state index in [0.717, 1.165) is 70.4 Å². The van der Waals surface area contributed by atoms with Crippen molar-refractivity contribution in [2.24, 2.45) is 5.41 Å². The van der Waals surface area contributed by atoms with Gasteiger partial charge in [-0.1, -0.05) is 44.2 Å². The maximum absolute atomic E-state index is 12.3. The Bertz CT molecular complexity index is 578. The van der Waals surface area contributed by atoms with E-state index in [4.69, 9.17) is 14.2 Å². The van der Waals surface area contributed by atoms with Gasteiger partial charge in [0.05, 0.1) is 13.2 Å². The predicted octanol–water partition coefficient (Wildman–Crippen LogP) is 4.75. The molecule has 1 aliphatic carbocycles. The van der Waals surface area contributed by atoms with Crippen LogP contribution in [-0.4, -0.2) is 43.1 Å². The van der Waals surface area contributed by atoms with Gasteiger partial charge >= 0.3 is 6.09 Å². The molecule has 2 heterocycles. The minimum Gasteiger partial charge on any atom is -0.445 e. The van der Waals surface area contributed by atoms with Crippen LogP contribution in [0.4, 0.5) is 4.79 Å². The van der Waals surface area contributed by atoms with E-state index in [1.54, 1.807) is 0 Å². The molecule has 3 fully saturated rings. The molecular weight excluding hydrogens is 342 g/mol. The highest BCUT2D eigenvalue weighted by Crippen LogP contribution is 2.49. The Morgan fingerprint density at radius 3 is 2.15 bits per heavy atom. The third kappa shape index (κ3) is 4.82. The molecule has 5 heteroatoms. The Morgan fingerprint density at radius 1 is 0.963 bits per heavy atom. The van der Waals surface area contributed by atoms with Crippen LogP contribution < -0.4 is 0 Å². The van der Waals surface area contributed by atoms with Crippen molar-refractivity contribution in [3.8, 4) is 0 Å². The second kappa shape index (κ2) is 9.07. The molecule has 4 rings (SSSR count). The van der Waals surface area contributed by atoms with Crippen LogP contribution in [0.2, 0.25) is 0 Å². The smallest absolute Gasteiger partial charge is 0.410 e. The summed E-state index contributed by atoms with van der Waals surface area (Å²) in [6.07, 6.45) is 6.19. The lowest BCUT2D eigenvalue weighted by atomic mass is 9.66. The number of carbonyl (C=O) groups excluding carboxylic acids is 1. The number of benzene rings is 1. The molecule has 0 radical (unpaired) electrons. The van der Waals surface area contributed by atoms with E-state index in [0.29, 0.717) is 12.0 Å². The standard InChI is InChI=1S/C20H27NO4.C2H6/c22-18(23-16-17-4-2-1-3-5-17)21-12-10-19(11-13-21)6-8-20(9-7-19)24-14-15-25-20;1-2/h1-5H,6-16H2;1-2H3. The average molecular weight is 376 g/mol. The van der Waals surface area contributed by atoms with Crippen LogP contribution in [0.3, 0.4) is 0 Å². The summed E-state index contributed by atoms with van der Waals surface area (Å²) in [5.41, 5.74) is 1.38. The number of hydrogen-bond acceptors (Lipinski definition) is 4. The van der Waals surface area contributed by atoms with Crippen molar-refractivity contribution in [2.75, 3.05) is 26.3 Å². The fourth-order valence-electron chi connectivity index (χ4n) is 4.42. The summed E-state index contributed by atoms with van der Waals surface area (Å²) in [6.45, 7) is 7.39. The molecule has 0 unspecified atom stereocenters. The van der Waals surface area contributed by atoms with Gasteiger partial charge in [0.2, 0.25) is 0 Å². The summed E-state index contributed by atoms with van der Waals surface area (Å²) >= 11 is 0. The van der Waals surface area contributed by atoms with Crippen LogP contribution in [0.5, 0.6) is 0 Å². The van der Waals surface area contributed by atoms with Crippen LogP contribution in [0.15, 0.2) is 30.3 Å². The Morgan fingerprint density at radius 2 is 1.56 bits per heavy atom. The highest BCUT2D eigenvalue weighted by Gasteiger charge is 2.47. The van der Waals surface area contributed by atoms with Crippen molar-refractivity contribution in [3.05, 3.63) is 35.9 Å². The molecule has 0 aromatic heterocycles. The molecule has 2 spiro atoms. The van der Waals surface area contributed by atoms with Crippen LogP contribution in [0, 0.1) is 5.41 Å². The van der Waals surface area contributed by atoms with E-state index < -0.39 is 0 Å². The zero-order valence-corrected chi connectivity index (χ0v) is 16.7. The van der Waals surface area contributed by atoms with Gasteiger partial charge in [0.25, 0.3) is 0 Å². The van der Waals surface area contributed by atoms with E-state index in [2.05, 4.69) is 0 Å². The monoisotopic (exact) mass is 375 g/mol. The van der Waals surface area contributed by atoms with E-state index in [1.165, 1.54) is 0 Å². The second-order valence-electron chi connectivity index (χ2n) is 7.63. The molecule has 0 bridgehead atoms. The van der Waals surface area contributed by atoms with Crippen molar-refractivity contribution in [1.82, 2.24) is 4.90 Å². The zero-order chi connectivity index (χ0) is 19.2. The molecule has 150 valence electrons. The van der Waals surface area contributed by atoms with Gasteiger partial charge in [-0.05, 0) is 36.7 Å². The molecule has 1 saturated carbocycles. The van der Waals surface area contributed by atoms with Crippen molar-refractivity contribution < 1.29 is 19.0 Å². The molecule has 0 N–H and O–H groups in total. The Kier molecular flexibility index (Phi) is 6.77. The van der Waals surface area contributed by atoms with E-state index in [9.17, 15) is 4.79 Å². The summed E-state index contributed by atoms with van der Waals surface area (Å²) in [6, 6.07) is 9.83. The van der Waals surface area contributed by atoms with Crippen molar-refractivity contribution >= 4 is 6.09 Å². The van der Waals surface area contributed by atoms with E-state index in [1.807, 2.05) is 49.1 Å². The lowest BCUT2D eigenvalue weighted by Crippen LogP contribution is -2.47. The molecule has 3 aliphatic rings. The van der Waals surface area contributed by atoms with Crippen LogP contribution in [0.1, 0.15) is 57.9 Å². The van der Waals surface area contributed by atoms with Crippen LogP contribution >= 0.6 is 0 Å². The summed E-state index contributed by atoms with van der Waals surface area (Å²) < 4.78 is 17.2. The van der Waals surface area contributed by atoms with Crippen LogP contribution in [-0.2, 0) is 20.8 Å². The van der Waals surface area contributed by atoms with Crippen molar-refractivity contribution in [2.45, 2.75) is 64.8 Å². The lowest BCUT2D eigenvalue weighted by Gasteiger charge is -2.47. The number of nitrogens with zero attached hydrogens (tertiary/aromatic N) is 1. The largest absolute Gasteiger partial charge is 0.445 e. The van der Waals surface area contributed by atoms with E-state index in [-0.39, 0.29) is 11.9 Å². The van der Waals surface area contributed by atoms with E-state index >= 15 is 0 Å². The molecule has 5 nitrogen and oxygen atoms in total. The molecule has 27 heavy (non-hydrogen) atoms. The molecule has 0 atom stereocenters. The summed E-state index contributed by atoms with van der Waals surface area (Å²) in [7, 11) is 0. The summed E-state index contributed by atoms with van der Waals surface area (Å²) in [5, 5.41) is 0. The van der Waals surface area contributed by atoms with Gasteiger partial charge in [0.15, 0.2) is 5.79 Å². The maximum Gasteiger partial charge on any atom is 0.410 e. The zero-order valence-electron chi connectivity index (χ0n) is 16.7. The number of ether oxygens (including phenoxy) is 3. The quantitative estimate of drug-likeness (QED) is 0.748. The second-order valence-corrected chi connectivity index (χ2v) is 7.63. The minimum absolute atomic E-state index is 0.187. The van der Waals surface area contributed by atoms with Gasteiger partial charge in [-0.15, -0.1) is 0 Å². The molecule has 1 aromatic carbocycles. The fourth-order valence-corrected chi connectivity index (χ4v) is 4.42.